The Labute approximate surface area is 836 Å². The van der Waals surface area contributed by atoms with Gasteiger partial charge in [0, 0.05) is 11.5 Å². The van der Waals surface area contributed by atoms with Gasteiger partial charge in [-0.05, 0) is 199 Å². The molecule has 5 unspecified atom stereocenters. The molecule has 0 radical (unpaired) electrons. The summed E-state index contributed by atoms with van der Waals surface area (Å²) in [5.41, 5.74) is 1.08. The average molecular weight is 2140 g/mol. The van der Waals surface area contributed by atoms with Gasteiger partial charge in [0.15, 0.2) is 112 Å². The monoisotopic (exact) mass is 2140 g/mol. The fraction of sp³-hybridized carbons (Fsp3) is 0.667. The summed E-state index contributed by atoms with van der Waals surface area (Å²) in [4.78, 5) is 117. The van der Waals surface area contributed by atoms with Gasteiger partial charge in [0.1, 0.15) is 90.2 Å². The van der Waals surface area contributed by atoms with E-state index in [4.69, 9.17) is 35.9 Å². The minimum atomic E-state index is -1.33. The summed E-state index contributed by atoms with van der Waals surface area (Å²) in [6.07, 6.45) is 12.2. The third kappa shape index (κ3) is 26.5. The van der Waals surface area contributed by atoms with Gasteiger partial charge in [-0.1, -0.05) is 109 Å². The van der Waals surface area contributed by atoms with Crippen LogP contribution in [0, 0.1) is 69.0 Å². The number of nitrogens with one attached hydrogen (secondary N) is 6. The fourth-order valence-corrected chi connectivity index (χ4v) is 31.3. The number of unbranched alkanes of at least 4 members (excludes halogenated alkanes) is 1. The molecule has 5 saturated heterocycles. The van der Waals surface area contributed by atoms with Crippen molar-refractivity contribution in [2.45, 2.75) is 253 Å². The first-order chi connectivity index (χ1) is 65.1. The van der Waals surface area contributed by atoms with Crippen LogP contribution in [0.5, 0.6) is 0 Å². The first-order valence-electron chi connectivity index (χ1n) is 46.7. The lowest BCUT2D eigenvalue weighted by atomic mass is 10.0. The summed E-state index contributed by atoms with van der Waals surface area (Å²) in [5.74, 6) is 4.73. The highest BCUT2D eigenvalue weighted by Gasteiger charge is 2.53. The molecule has 10 aromatic heterocycles. The van der Waals surface area contributed by atoms with Crippen molar-refractivity contribution in [1.29, 1.82) is 0 Å². The maximum atomic E-state index is 12.4. The van der Waals surface area contributed by atoms with E-state index < -0.39 is 157 Å². The maximum Gasteiger partial charge on any atom is 0.279 e. The van der Waals surface area contributed by atoms with Crippen molar-refractivity contribution in [2.24, 2.45) is 29.6 Å². The van der Waals surface area contributed by atoms with Crippen molar-refractivity contribution in [3.63, 3.8) is 0 Å². The molecule has 5 aliphatic rings. The van der Waals surface area contributed by atoms with E-state index in [1.165, 1.54) is 51.6 Å². The van der Waals surface area contributed by atoms with E-state index in [1.807, 2.05) is 47.8 Å². The van der Waals surface area contributed by atoms with E-state index in [0.717, 1.165) is 67.3 Å². The number of aliphatic hydroxyl groups excluding tert-OH is 10. The van der Waals surface area contributed by atoms with Crippen molar-refractivity contribution >= 4 is 181 Å². The minimum Gasteiger partial charge on any atom is -0.388 e. The van der Waals surface area contributed by atoms with Crippen LogP contribution in [-0.4, -0.2) is 393 Å². The number of aliphatic hydroxyl groups is 10. The van der Waals surface area contributed by atoms with E-state index in [0.29, 0.717) is 78.0 Å². The van der Waals surface area contributed by atoms with Crippen LogP contribution in [0.1, 0.15) is 135 Å². The molecule has 0 spiro atoms. The maximum absolute atomic E-state index is 12.4. The zero-order chi connectivity index (χ0) is 104. The molecule has 50 heteroatoms. The number of H-pyrrole nitrogens is 6. The summed E-state index contributed by atoms with van der Waals surface area (Å²) in [7, 11) is 0. The van der Waals surface area contributed by atoms with E-state index in [1.54, 1.807) is 52.9 Å². The smallest absolute Gasteiger partial charge is 0.279 e. The van der Waals surface area contributed by atoms with Crippen molar-refractivity contribution in [1.82, 2.24) is 97.6 Å². The summed E-state index contributed by atoms with van der Waals surface area (Å²) in [6, 6.07) is 0. The molecule has 15 heterocycles. The number of aromatic nitrogens is 20. The predicted octanol–water partition coefficient (Wildman–Crippen LogP) is 7.85. The molecule has 140 heavy (non-hydrogen) atoms. The lowest BCUT2D eigenvalue weighted by molar-refractivity contribution is -0.0527. The number of thioether (sulfide) groups is 4. The first kappa shape index (κ1) is 115. The highest BCUT2D eigenvalue weighted by molar-refractivity contribution is 7.99. The second kappa shape index (κ2) is 46.4. The number of rotatable bonds is 30. The van der Waals surface area contributed by atoms with Gasteiger partial charge < -0.3 is 105 Å². The van der Waals surface area contributed by atoms with Crippen LogP contribution in [0.25, 0.3) is 55.8 Å². The van der Waals surface area contributed by atoms with Gasteiger partial charge >= 0.3 is 0 Å². The van der Waals surface area contributed by atoms with Gasteiger partial charge in [-0.3, -0.25) is 46.8 Å². The van der Waals surface area contributed by atoms with Crippen molar-refractivity contribution < 1.29 is 74.7 Å². The number of ether oxygens (including phenoxy) is 5. The number of aryl methyl sites for hydroxylation is 5. The number of fused-ring (bicyclic) bond motifs is 5. The Bertz CT molecular complexity index is 6730. The lowest BCUT2D eigenvalue weighted by Gasteiger charge is -2.26. The second-order valence-electron chi connectivity index (χ2n) is 41.0. The van der Waals surface area contributed by atoms with Gasteiger partial charge in [0.05, 0.1) is 30.5 Å². The number of hydrogen-bond acceptors (Lipinski definition) is 34. The normalized spacial score (nSPS) is 26.8. The van der Waals surface area contributed by atoms with E-state index >= 15 is 0 Å². The summed E-state index contributed by atoms with van der Waals surface area (Å²) in [5, 5.41) is 109. The zero-order valence-electron chi connectivity index (χ0n) is 84.3. The molecular weight excluding hydrogens is 2000 g/mol. The third-order valence-corrected chi connectivity index (χ3v) is 36.0. The Balaban J connectivity index is 0.000000168. The highest BCUT2D eigenvalue weighted by atomic mass is 32.2. The molecule has 0 amide bonds. The van der Waals surface area contributed by atoms with Crippen LogP contribution in [0.15, 0.2) is 44.6 Å². The second-order valence-corrected chi connectivity index (χ2v) is 66.7. The van der Waals surface area contributed by atoms with Gasteiger partial charge in [0.2, 0.25) is 0 Å². The number of aromatic amines is 6. The Morgan fingerprint density at radius 1 is 0.336 bits per heavy atom. The quantitative estimate of drug-likeness (QED) is 0.00881. The van der Waals surface area contributed by atoms with Crippen molar-refractivity contribution in [3.8, 4) is 0 Å². The topological polar surface area (TPSA) is 569 Å². The number of imidazole rings is 5. The predicted molar refractivity (Wildman–Crippen MR) is 576 cm³/mol. The molecule has 25 atom stereocenters. The molecule has 780 valence electrons. The zero-order valence-corrected chi connectivity index (χ0v) is 92.9. The van der Waals surface area contributed by atoms with Crippen LogP contribution in [0.4, 0.5) is 0 Å². The molecule has 0 saturated carbocycles. The lowest BCUT2D eigenvalue weighted by Crippen LogP contribution is -2.36. The van der Waals surface area contributed by atoms with Crippen LogP contribution < -0.4 is 27.8 Å². The molecular formula is C90H145N20O20P5S5. The molecule has 0 aliphatic carbocycles. The largest absolute Gasteiger partial charge is 0.388 e. The third-order valence-electron chi connectivity index (χ3n) is 24.2. The van der Waals surface area contributed by atoms with Gasteiger partial charge in [-0.2, -0.15) is 0 Å². The van der Waals surface area contributed by atoms with Crippen molar-refractivity contribution in [3.05, 3.63) is 85.7 Å². The van der Waals surface area contributed by atoms with Gasteiger partial charge in [0.25, 0.3) is 27.8 Å². The van der Waals surface area contributed by atoms with E-state index in [-0.39, 0.29) is 89.7 Å². The van der Waals surface area contributed by atoms with Gasteiger partial charge in [-0.25, -0.2) is 44.9 Å². The molecule has 0 bridgehead atoms. The van der Waals surface area contributed by atoms with Gasteiger partial charge in [-0.15, -0.1) is 65.9 Å². The molecule has 10 aromatic rings. The van der Waals surface area contributed by atoms with Crippen LogP contribution in [0.2, 0.25) is 0 Å². The fourth-order valence-electron chi connectivity index (χ4n) is 18.9. The molecule has 40 nitrogen and oxygen atoms in total. The van der Waals surface area contributed by atoms with E-state index in [9.17, 15) is 75.0 Å². The van der Waals surface area contributed by atoms with Crippen LogP contribution in [-0.2, 0) is 23.7 Å². The molecule has 5 fully saturated rings. The Morgan fingerprint density at radius 2 is 0.571 bits per heavy atom. The molecule has 15 rings (SSSR count). The number of nitrogens with zero attached hydrogens (tertiary/aromatic N) is 14. The minimum absolute atomic E-state index is 0.0166. The Morgan fingerprint density at radius 3 is 0.821 bits per heavy atom. The molecule has 16 N–H and O–H groups in total. The SMILES string of the molecule is C=P(C)(C)CC(C)[C@H]1O[C@@H](n2c(=S)[nH]c3c(=O)[nH]c(C)nc32)[C@H](O)[C@@H]1O.C=P(C)(C)CC(C)[C@H]1O[C@@H](n2c(SC)nc3c(=O)[nH]c(C)nc32)[C@H](O)[C@@H]1O.C=P(C)(C)CC(C)[C@H]1O[C@@H](n2c(SCC)nc3c(=O)[nH]c(C)nc32)[C@H](O)[C@@H]1O.C=P(C)(C)CC(C)[C@H]1O[C@@H](n2c(SCCC)nc3c(=O)[nH]c(C)nc32)[C@H](O)[C@@H]1O.C=P(C)(C)CC(C)[C@H]1O[C@@H](n2c(SCCCC)nc3c(=O)[nH]c(C)nc32)[C@H](O)[C@@H]1O. The van der Waals surface area contributed by atoms with Crippen molar-refractivity contribution in [2.75, 3.05) is 121 Å². The number of hydrogen-bond donors (Lipinski definition) is 16. The van der Waals surface area contributed by atoms with Crippen LogP contribution in [0.3, 0.4) is 0 Å². The highest BCUT2D eigenvalue weighted by Crippen LogP contribution is 2.50. The summed E-state index contributed by atoms with van der Waals surface area (Å²) >= 11 is 11.1. The first-order valence-corrected chi connectivity index (χ1v) is 66.5. The molecule has 0 aromatic carbocycles. The molecule has 5 aliphatic heterocycles. The Kier molecular flexibility index (Phi) is 37.9. The average Bonchev–Trinajstić information content (AvgIpc) is 1.62. The summed E-state index contributed by atoms with van der Waals surface area (Å²) in [6.45, 7) is 39.3. The Hall–Kier alpha value is -5.73. The van der Waals surface area contributed by atoms with E-state index in [2.05, 4.69) is 187 Å². The van der Waals surface area contributed by atoms with Crippen LogP contribution >= 0.6 is 93.7 Å². The summed E-state index contributed by atoms with van der Waals surface area (Å²) < 4.78 is 39.0. The standard InChI is InChI=1S/C20H33N4O4PS.C19H31N4O4PS.C18H29N4O4PS.C17H27N4O4PS.C16H25N4O4PS/c1-7-8-9-30-20-23-13-17(21-12(3)22-18(13)27)24(20)19-15(26)14(25)16(28-19)11(2)10-29(4,5)6;1-7-8-29-19-22-12-16(20-11(3)21-17(12)26)23(19)18-14(25)13(24)15(27-18)10(2)9-28(4,5)6;1-7-28-18-21-11-15(19-10(3)20-16(11)25)22(18)17-13(24)12(23)14(26-17)9(2)8-27(4,5)6;1-8(7-26(3,4)5)13-11(22)12(23)16(25-13)21-14-10(20-17(21)27-6)15(24)19-9(2)18-14;1-7(6-25(3,4)5)12-10(21)11(22)15(24-12)20-13-9(19-16(20)26)14(23)18-8(2)17-13/h11,14-16,19,25-26H,4,7-10H2,1-3,5-6H3,(H,21,22,27);10,13-15,18,24-25H,4,7-9H2,1-3,5-6H3,(H,20,21,26);9,12-14,17,23-24H,4,7-8H2,1-3,5-6H3,(H,19,20,25);8,11-13,16,22-23H,3,7H2,1-2,4-6H3,(H,18,19,24);7,10-12,15,21-22H,3,6H2,1-2,4-5H3,(H,19,26)(H,17,18,23)/t11?,14-,15+,16+,19+;10?,13-,14+,15+,18+;9?,12-,13+,14+,17+;8?,11-,12+,13+,16+;7?,10-,11+,12+,15+/m00000/s1.